The summed E-state index contributed by atoms with van der Waals surface area (Å²) in [4.78, 5) is 16.4. The predicted molar refractivity (Wildman–Crippen MR) is 104 cm³/mol. The van der Waals surface area contributed by atoms with Gasteiger partial charge in [0.1, 0.15) is 0 Å². The summed E-state index contributed by atoms with van der Waals surface area (Å²) in [6.07, 6.45) is 4.64. The maximum Gasteiger partial charge on any atom is 0.253 e. The van der Waals surface area contributed by atoms with Crippen LogP contribution < -0.4 is 0 Å². The SMILES string of the molecule is O=C(c1cccc(-n2cccn2)c1)N1CCS[C@@H](c2cccs2)CC1. The van der Waals surface area contributed by atoms with Gasteiger partial charge in [-0.3, -0.25) is 4.79 Å². The van der Waals surface area contributed by atoms with Crippen molar-refractivity contribution < 1.29 is 4.79 Å². The van der Waals surface area contributed by atoms with Crippen LogP contribution in [-0.2, 0) is 0 Å². The van der Waals surface area contributed by atoms with Gasteiger partial charge in [-0.2, -0.15) is 16.9 Å². The summed E-state index contributed by atoms with van der Waals surface area (Å²) in [6, 6.07) is 13.9. The van der Waals surface area contributed by atoms with E-state index in [2.05, 4.69) is 22.6 Å². The van der Waals surface area contributed by atoms with E-state index in [0.717, 1.165) is 36.5 Å². The highest BCUT2D eigenvalue weighted by atomic mass is 32.2. The Kier molecular flexibility index (Phi) is 4.90. The zero-order chi connectivity index (χ0) is 17.1. The summed E-state index contributed by atoms with van der Waals surface area (Å²) >= 11 is 3.77. The zero-order valence-electron chi connectivity index (χ0n) is 13.7. The summed E-state index contributed by atoms with van der Waals surface area (Å²) in [5.41, 5.74) is 1.64. The maximum absolute atomic E-state index is 13.0. The van der Waals surface area contributed by atoms with Crippen molar-refractivity contribution in [3.63, 3.8) is 0 Å². The lowest BCUT2D eigenvalue weighted by Gasteiger charge is -2.20. The summed E-state index contributed by atoms with van der Waals surface area (Å²) in [5, 5.41) is 6.88. The molecule has 25 heavy (non-hydrogen) atoms. The third-order valence-corrected chi connectivity index (χ3v) is 6.80. The van der Waals surface area contributed by atoms with Gasteiger partial charge in [0.25, 0.3) is 5.91 Å². The minimum absolute atomic E-state index is 0.112. The van der Waals surface area contributed by atoms with Crippen molar-refractivity contribution in [1.29, 1.82) is 0 Å². The summed E-state index contributed by atoms with van der Waals surface area (Å²) < 4.78 is 1.78. The lowest BCUT2D eigenvalue weighted by atomic mass is 10.1. The largest absolute Gasteiger partial charge is 0.338 e. The normalized spacial score (nSPS) is 18.1. The first-order chi connectivity index (χ1) is 12.3. The molecule has 1 amide bonds. The minimum atomic E-state index is 0.112. The van der Waals surface area contributed by atoms with E-state index in [9.17, 15) is 4.79 Å². The van der Waals surface area contributed by atoms with Crippen LogP contribution in [0.1, 0.15) is 26.9 Å². The van der Waals surface area contributed by atoms with E-state index >= 15 is 0 Å². The molecule has 0 saturated carbocycles. The van der Waals surface area contributed by atoms with Crippen LogP contribution in [0.4, 0.5) is 0 Å². The molecule has 4 nitrogen and oxygen atoms in total. The van der Waals surface area contributed by atoms with Gasteiger partial charge in [0.2, 0.25) is 0 Å². The molecule has 0 radical (unpaired) electrons. The molecule has 3 aromatic rings. The van der Waals surface area contributed by atoms with E-state index in [1.165, 1.54) is 4.88 Å². The number of amides is 1. The number of aromatic nitrogens is 2. The first kappa shape index (κ1) is 16.4. The smallest absolute Gasteiger partial charge is 0.253 e. The molecule has 1 atom stereocenters. The van der Waals surface area contributed by atoms with Gasteiger partial charge >= 0.3 is 0 Å². The number of thioether (sulfide) groups is 1. The van der Waals surface area contributed by atoms with E-state index in [1.807, 2.05) is 64.5 Å². The molecule has 128 valence electrons. The molecule has 4 rings (SSSR count). The van der Waals surface area contributed by atoms with Crippen molar-refractivity contribution in [3.8, 4) is 5.69 Å². The van der Waals surface area contributed by atoms with Crippen LogP contribution >= 0.6 is 23.1 Å². The Morgan fingerprint density at radius 3 is 2.92 bits per heavy atom. The number of carbonyl (C=O) groups is 1. The van der Waals surface area contributed by atoms with Crippen LogP contribution in [0.25, 0.3) is 5.69 Å². The Labute approximate surface area is 155 Å². The molecule has 1 aliphatic heterocycles. The van der Waals surface area contributed by atoms with Gasteiger partial charge in [-0.25, -0.2) is 4.68 Å². The number of rotatable bonds is 3. The molecule has 0 spiro atoms. The van der Waals surface area contributed by atoms with Crippen LogP contribution in [0.2, 0.25) is 0 Å². The highest BCUT2D eigenvalue weighted by molar-refractivity contribution is 7.99. The van der Waals surface area contributed by atoms with Crippen molar-refractivity contribution >= 4 is 29.0 Å². The average molecular weight is 370 g/mol. The Morgan fingerprint density at radius 2 is 2.12 bits per heavy atom. The second-order valence-electron chi connectivity index (χ2n) is 5.96. The molecule has 1 saturated heterocycles. The second kappa shape index (κ2) is 7.45. The zero-order valence-corrected chi connectivity index (χ0v) is 15.4. The van der Waals surface area contributed by atoms with Gasteiger partial charge in [0.05, 0.1) is 5.69 Å². The quantitative estimate of drug-likeness (QED) is 0.692. The summed E-state index contributed by atoms with van der Waals surface area (Å²) in [5.74, 6) is 1.09. The topological polar surface area (TPSA) is 38.1 Å². The van der Waals surface area contributed by atoms with Gasteiger partial charge in [0, 0.05) is 46.9 Å². The molecular formula is C19H19N3OS2. The molecule has 0 unspecified atom stereocenters. The maximum atomic E-state index is 13.0. The molecule has 0 bridgehead atoms. The molecule has 2 aromatic heterocycles. The molecule has 1 aromatic carbocycles. The van der Waals surface area contributed by atoms with Crippen LogP contribution in [0.5, 0.6) is 0 Å². The standard InChI is InChI=1S/C19H19N3OS2/c23-19(15-4-1-5-16(14-15)22-9-3-8-20-22)21-10-7-18(25-13-11-21)17-6-2-12-24-17/h1-6,8-9,12,14,18H,7,10-11,13H2/t18-/m1/s1. The Bertz CT molecular complexity index is 830. The number of benzene rings is 1. The van der Waals surface area contributed by atoms with Crippen LogP contribution in [0, 0.1) is 0 Å². The van der Waals surface area contributed by atoms with Crippen LogP contribution in [-0.4, -0.2) is 39.4 Å². The number of hydrogen-bond acceptors (Lipinski definition) is 4. The first-order valence-corrected chi connectivity index (χ1v) is 10.3. The van der Waals surface area contributed by atoms with E-state index < -0.39 is 0 Å². The van der Waals surface area contributed by atoms with E-state index in [0.29, 0.717) is 5.25 Å². The number of thiophene rings is 1. The Morgan fingerprint density at radius 1 is 1.16 bits per heavy atom. The lowest BCUT2D eigenvalue weighted by molar-refractivity contribution is 0.0766. The third-order valence-electron chi connectivity index (χ3n) is 4.35. The Balaban J connectivity index is 1.48. The van der Waals surface area contributed by atoms with Gasteiger partial charge < -0.3 is 4.90 Å². The highest BCUT2D eigenvalue weighted by Gasteiger charge is 2.23. The molecule has 0 aliphatic carbocycles. The molecular weight excluding hydrogens is 350 g/mol. The van der Waals surface area contributed by atoms with Crippen LogP contribution in [0.3, 0.4) is 0 Å². The number of carbonyl (C=O) groups excluding carboxylic acids is 1. The van der Waals surface area contributed by atoms with Crippen molar-refractivity contribution in [2.75, 3.05) is 18.8 Å². The molecule has 6 heteroatoms. The number of hydrogen-bond donors (Lipinski definition) is 0. The van der Waals surface area contributed by atoms with E-state index in [4.69, 9.17) is 0 Å². The van der Waals surface area contributed by atoms with E-state index in [1.54, 1.807) is 10.9 Å². The number of nitrogens with zero attached hydrogens (tertiary/aromatic N) is 3. The van der Waals surface area contributed by atoms with Crippen molar-refractivity contribution in [2.45, 2.75) is 11.7 Å². The van der Waals surface area contributed by atoms with Crippen molar-refractivity contribution in [2.24, 2.45) is 0 Å². The third kappa shape index (κ3) is 3.65. The molecule has 1 aliphatic rings. The fraction of sp³-hybridized carbons (Fsp3) is 0.263. The summed E-state index contributed by atoms with van der Waals surface area (Å²) in [6.45, 7) is 1.61. The lowest BCUT2D eigenvalue weighted by Crippen LogP contribution is -2.33. The first-order valence-electron chi connectivity index (χ1n) is 8.35. The van der Waals surface area contributed by atoms with Gasteiger partial charge in [-0.05, 0) is 42.1 Å². The monoisotopic (exact) mass is 369 g/mol. The molecule has 0 N–H and O–H groups in total. The fourth-order valence-electron chi connectivity index (χ4n) is 3.06. The second-order valence-corrected chi connectivity index (χ2v) is 8.25. The van der Waals surface area contributed by atoms with Crippen molar-refractivity contribution in [1.82, 2.24) is 14.7 Å². The Hall–Kier alpha value is -2.05. The molecule has 1 fully saturated rings. The fourth-order valence-corrected chi connectivity index (χ4v) is 5.30. The van der Waals surface area contributed by atoms with Crippen molar-refractivity contribution in [3.05, 3.63) is 70.7 Å². The van der Waals surface area contributed by atoms with E-state index in [-0.39, 0.29) is 5.91 Å². The highest BCUT2D eigenvalue weighted by Crippen LogP contribution is 2.36. The van der Waals surface area contributed by atoms with Crippen LogP contribution in [0.15, 0.2) is 60.2 Å². The van der Waals surface area contributed by atoms with Gasteiger partial charge in [-0.15, -0.1) is 11.3 Å². The minimum Gasteiger partial charge on any atom is -0.338 e. The van der Waals surface area contributed by atoms with Gasteiger partial charge in [-0.1, -0.05) is 12.1 Å². The molecule has 3 heterocycles. The van der Waals surface area contributed by atoms with Gasteiger partial charge in [0.15, 0.2) is 0 Å². The summed E-state index contributed by atoms with van der Waals surface area (Å²) in [7, 11) is 0. The average Bonchev–Trinajstić information content (AvgIpc) is 3.32. The predicted octanol–water partition coefficient (Wildman–Crippen LogP) is 4.25.